The average molecular weight is 477 g/mol. The molecule has 140 valence electrons. The van der Waals surface area contributed by atoms with Gasteiger partial charge in [0.05, 0.1) is 6.54 Å². The van der Waals surface area contributed by atoms with Gasteiger partial charge in [-0.15, -0.1) is 35.3 Å². The molecule has 6 nitrogen and oxygen atoms in total. The molecule has 0 fully saturated rings. The van der Waals surface area contributed by atoms with Crippen LogP contribution in [0.4, 0.5) is 0 Å². The monoisotopic (exact) mass is 477 g/mol. The van der Waals surface area contributed by atoms with E-state index in [-0.39, 0.29) is 35.4 Å². The number of nitrogens with one attached hydrogen (secondary N) is 2. The molecule has 8 heteroatoms. The summed E-state index contributed by atoms with van der Waals surface area (Å²) in [5, 5.41) is 10.6. The van der Waals surface area contributed by atoms with Gasteiger partial charge in [0.2, 0.25) is 5.89 Å². The maximum absolute atomic E-state index is 5.30. The molecule has 0 aliphatic carbocycles. The Hall–Kier alpha value is -1.16. The van der Waals surface area contributed by atoms with Crippen molar-refractivity contribution in [3.8, 4) is 0 Å². The number of hydrogen-bond acceptors (Lipinski definition) is 5. The molecule has 2 aromatic heterocycles. The van der Waals surface area contributed by atoms with Crippen molar-refractivity contribution in [1.29, 1.82) is 0 Å². The third-order valence-corrected chi connectivity index (χ3v) is 4.46. The predicted octanol–water partition coefficient (Wildman–Crippen LogP) is 3.65. The molecule has 0 saturated carbocycles. The molecule has 1 atom stereocenters. The lowest BCUT2D eigenvalue weighted by Gasteiger charge is -2.16. The molecule has 2 heterocycles. The van der Waals surface area contributed by atoms with Gasteiger partial charge in [-0.3, -0.25) is 4.99 Å². The smallest absolute Gasteiger partial charge is 0.232 e. The molecule has 0 radical (unpaired) electrons. The molecule has 25 heavy (non-hydrogen) atoms. The zero-order valence-electron chi connectivity index (χ0n) is 15.7. The van der Waals surface area contributed by atoms with Crippen LogP contribution in [0, 0.1) is 6.92 Å². The first kappa shape index (κ1) is 21.9. The lowest BCUT2D eigenvalue weighted by Crippen LogP contribution is -2.42. The van der Waals surface area contributed by atoms with Crippen LogP contribution in [0.25, 0.3) is 0 Å². The number of thiophene rings is 1. The second-order valence-electron chi connectivity index (χ2n) is 6.95. The van der Waals surface area contributed by atoms with Gasteiger partial charge in [0.1, 0.15) is 0 Å². The summed E-state index contributed by atoms with van der Waals surface area (Å²) in [6, 6.07) is 4.62. The van der Waals surface area contributed by atoms with E-state index < -0.39 is 0 Å². The predicted molar refractivity (Wildman–Crippen MR) is 114 cm³/mol. The number of nitrogens with zero attached hydrogens (tertiary/aromatic N) is 3. The van der Waals surface area contributed by atoms with Crippen molar-refractivity contribution in [2.75, 3.05) is 7.05 Å². The van der Waals surface area contributed by atoms with E-state index in [1.54, 1.807) is 7.05 Å². The first-order valence-electron chi connectivity index (χ1n) is 8.13. The van der Waals surface area contributed by atoms with E-state index in [1.807, 2.05) is 32.1 Å². The Morgan fingerprint density at radius 3 is 2.60 bits per heavy atom. The minimum Gasteiger partial charge on any atom is -0.354 e. The zero-order chi connectivity index (χ0) is 17.7. The summed E-state index contributed by atoms with van der Waals surface area (Å²) in [5.74, 6) is 2.01. The topological polar surface area (TPSA) is 75.3 Å². The number of halogens is 1. The third kappa shape index (κ3) is 6.93. The molecule has 0 bridgehead atoms. The standard InChI is InChI=1S/C17H27N5OS.HI/c1-11(9-13-8-7-12(2)24-13)20-16(18-6)19-10-14-21-15(23-22-14)17(3,4)5;/h7-8,11H,9-10H2,1-6H3,(H2,18,19,20);1H. The normalized spacial score (nSPS) is 13.3. The highest BCUT2D eigenvalue weighted by Crippen LogP contribution is 2.19. The van der Waals surface area contributed by atoms with E-state index in [1.165, 1.54) is 9.75 Å². The Morgan fingerprint density at radius 1 is 1.36 bits per heavy atom. The fourth-order valence-electron chi connectivity index (χ4n) is 2.17. The maximum Gasteiger partial charge on any atom is 0.232 e. The molecule has 0 aliphatic rings. The molecule has 2 N–H and O–H groups in total. The highest BCUT2D eigenvalue weighted by atomic mass is 127. The first-order valence-corrected chi connectivity index (χ1v) is 8.95. The van der Waals surface area contributed by atoms with Crippen LogP contribution in [-0.2, 0) is 18.4 Å². The zero-order valence-corrected chi connectivity index (χ0v) is 18.9. The number of guanidine groups is 1. The molecule has 0 saturated heterocycles. The Morgan fingerprint density at radius 2 is 2.08 bits per heavy atom. The minimum absolute atomic E-state index is 0. The van der Waals surface area contributed by atoms with Gasteiger partial charge in [0.25, 0.3) is 0 Å². The van der Waals surface area contributed by atoms with Crippen LogP contribution in [0.1, 0.15) is 49.2 Å². The van der Waals surface area contributed by atoms with Crippen LogP contribution in [0.2, 0.25) is 0 Å². The second-order valence-corrected chi connectivity index (χ2v) is 8.33. The van der Waals surface area contributed by atoms with Gasteiger partial charge < -0.3 is 15.2 Å². The number of aryl methyl sites for hydroxylation is 1. The molecule has 0 aliphatic heterocycles. The van der Waals surface area contributed by atoms with Gasteiger partial charge in [-0.05, 0) is 26.0 Å². The van der Waals surface area contributed by atoms with Crippen LogP contribution in [0.3, 0.4) is 0 Å². The lowest BCUT2D eigenvalue weighted by molar-refractivity contribution is 0.318. The van der Waals surface area contributed by atoms with Crippen LogP contribution >= 0.6 is 35.3 Å². The van der Waals surface area contributed by atoms with Gasteiger partial charge in [-0.1, -0.05) is 25.9 Å². The summed E-state index contributed by atoms with van der Waals surface area (Å²) >= 11 is 1.83. The maximum atomic E-state index is 5.30. The van der Waals surface area contributed by atoms with Crippen molar-refractivity contribution < 1.29 is 4.52 Å². The summed E-state index contributed by atoms with van der Waals surface area (Å²) in [7, 11) is 1.76. The quantitative estimate of drug-likeness (QED) is 0.391. The summed E-state index contributed by atoms with van der Waals surface area (Å²) in [6.07, 6.45) is 0.968. The number of hydrogen-bond donors (Lipinski definition) is 2. The third-order valence-electron chi connectivity index (χ3n) is 3.43. The van der Waals surface area contributed by atoms with Crippen LogP contribution < -0.4 is 10.6 Å². The van der Waals surface area contributed by atoms with Gasteiger partial charge in [0.15, 0.2) is 11.8 Å². The summed E-state index contributed by atoms with van der Waals surface area (Å²) in [6.45, 7) is 10.9. The highest BCUT2D eigenvalue weighted by molar-refractivity contribution is 14.0. The van der Waals surface area contributed by atoms with E-state index in [9.17, 15) is 0 Å². The number of rotatable bonds is 5. The Balaban J connectivity index is 0.00000312. The molecule has 2 rings (SSSR count). The average Bonchev–Trinajstić information content (AvgIpc) is 3.12. The van der Waals surface area contributed by atoms with E-state index >= 15 is 0 Å². The molecular formula is C17H28IN5OS. The number of aromatic nitrogens is 2. The van der Waals surface area contributed by atoms with Crippen LogP contribution in [-0.4, -0.2) is 29.2 Å². The molecule has 0 spiro atoms. The van der Waals surface area contributed by atoms with Crippen molar-refractivity contribution in [3.63, 3.8) is 0 Å². The largest absolute Gasteiger partial charge is 0.354 e. The fourth-order valence-corrected chi connectivity index (χ4v) is 3.19. The van der Waals surface area contributed by atoms with Crippen molar-refractivity contribution >= 4 is 41.3 Å². The van der Waals surface area contributed by atoms with E-state index in [4.69, 9.17) is 4.52 Å². The van der Waals surface area contributed by atoms with E-state index in [0.717, 1.165) is 12.4 Å². The molecular weight excluding hydrogens is 449 g/mol. The van der Waals surface area contributed by atoms with E-state index in [0.29, 0.717) is 18.3 Å². The second kappa shape index (κ2) is 9.51. The fraction of sp³-hybridized carbons (Fsp3) is 0.588. The lowest BCUT2D eigenvalue weighted by atomic mass is 9.97. The molecule has 2 aromatic rings. The van der Waals surface area contributed by atoms with Crippen LogP contribution in [0.15, 0.2) is 21.6 Å². The Kier molecular flexibility index (Phi) is 8.33. The highest BCUT2D eigenvalue weighted by Gasteiger charge is 2.21. The van der Waals surface area contributed by atoms with Crippen LogP contribution in [0.5, 0.6) is 0 Å². The Bertz CT molecular complexity index is 689. The van der Waals surface area contributed by atoms with Gasteiger partial charge >= 0.3 is 0 Å². The van der Waals surface area contributed by atoms with Crippen molar-refractivity contribution in [3.05, 3.63) is 33.6 Å². The van der Waals surface area contributed by atoms with Gasteiger partial charge in [-0.2, -0.15) is 4.98 Å². The van der Waals surface area contributed by atoms with Crippen molar-refractivity contribution in [2.24, 2.45) is 4.99 Å². The summed E-state index contributed by atoms with van der Waals surface area (Å²) < 4.78 is 5.30. The molecule has 0 amide bonds. The number of aliphatic imine (C=N–C) groups is 1. The Labute approximate surface area is 170 Å². The minimum atomic E-state index is -0.140. The summed E-state index contributed by atoms with van der Waals surface area (Å²) in [4.78, 5) is 11.4. The molecule has 1 unspecified atom stereocenters. The SMILES string of the molecule is CN=C(NCc1noc(C(C)(C)C)n1)NC(C)Cc1ccc(C)s1.I. The van der Waals surface area contributed by atoms with E-state index in [2.05, 4.69) is 51.7 Å². The molecule has 0 aromatic carbocycles. The van der Waals surface area contributed by atoms with Gasteiger partial charge in [-0.25, -0.2) is 0 Å². The summed E-state index contributed by atoms with van der Waals surface area (Å²) in [5.41, 5.74) is -0.140. The first-order chi connectivity index (χ1) is 11.3. The van der Waals surface area contributed by atoms with Crippen molar-refractivity contribution in [2.45, 2.75) is 59.0 Å². The van der Waals surface area contributed by atoms with Crippen molar-refractivity contribution in [1.82, 2.24) is 20.8 Å². The van der Waals surface area contributed by atoms with Gasteiger partial charge in [0, 0.05) is 34.7 Å².